The lowest BCUT2D eigenvalue weighted by atomic mass is 10.2. The van der Waals surface area contributed by atoms with Crippen molar-refractivity contribution in [1.29, 1.82) is 0 Å². The Bertz CT molecular complexity index is 659. The molecule has 1 unspecified atom stereocenters. The molecular formula is C19H34N8O. The minimum Gasteiger partial charge on any atom is -0.354 e. The summed E-state index contributed by atoms with van der Waals surface area (Å²) in [5.74, 6) is 2.21. The van der Waals surface area contributed by atoms with Crippen LogP contribution in [0.15, 0.2) is 11.3 Å². The molecule has 0 spiro atoms. The average Bonchev–Trinajstić information content (AvgIpc) is 3.42. The monoisotopic (exact) mass is 390 g/mol. The first-order valence-electron chi connectivity index (χ1n) is 10.5. The molecule has 1 aromatic heterocycles. The van der Waals surface area contributed by atoms with Crippen LogP contribution in [0.1, 0.15) is 32.5 Å². The van der Waals surface area contributed by atoms with Gasteiger partial charge in [-0.2, -0.15) is 0 Å². The third-order valence-corrected chi connectivity index (χ3v) is 5.80. The molecule has 2 aliphatic rings. The quantitative estimate of drug-likeness (QED) is 0.546. The third-order valence-electron chi connectivity index (χ3n) is 5.80. The van der Waals surface area contributed by atoms with E-state index >= 15 is 0 Å². The maximum atomic E-state index is 12.6. The minimum absolute atomic E-state index is 0.0311. The van der Waals surface area contributed by atoms with E-state index in [4.69, 9.17) is 0 Å². The summed E-state index contributed by atoms with van der Waals surface area (Å²) < 4.78 is 2.07. The van der Waals surface area contributed by atoms with Gasteiger partial charge in [-0.3, -0.25) is 14.7 Å². The van der Waals surface area contributed by atoms with Gasteiger partial charge in [0.2, 0.25) is 5.91 Å². The summed E-state index contributed by atoms with van der Waals surface area (Å²) in [4.78, 5) is 23.7. The summed E-state index contributed by atoms with van der Waals surface area (Å²) in [5, 5.41) is 11.5. The van der Waals surface area contributed by atoms with Gasteiger partial charge in [-0.1, -0.05) is 6.92 Å². The van der Waals surface area contributed by atoms with Crippen molar-refractivity contribution in [2.24, 2.45) is 4.99 Å². The number of nitrogens with zero attached hydrogens (tertiary/aromatic N) is 7. The van der Waals surface area contributed by atoms with E-state index in [2.05, 4.69) is 41.8 Å². The van der Waals surface area contributed by atoms with Crippen LogP contribution in [0.5, 0.6) is 0 Å². The molecule has 3 rings (SSSR count). The van der Waals surface area contributed by atoms with Gasteiger partial charge in [0.25, 0.3) is 0 Å². The molecule has 0 aliphatic carbocycles. The number of amides is 1. The van der Waals surface area contributed by atoms with Gasteiger partial charge in [0.1, 0.15) is 12.2 Å². The van der Waals surface area contributed by atoms with E-state index in [0.717, 1.165) is 83.4 Å². The smallest absolute Gasteiger partial charge is 0.239 e. The maximum Gasteiger partial charge on any atom is 0.239 e. The number of hydrogen-bond acceptors (Lipinski definition) is 5. The van der Waals surface area contributed by atoms with Crippen molar-refractivity contribution < 1.29 is 4.79 Å². The van der Waals surface area contributed by atoms with E-state index < -0.39 is 0 Å². The average molecular weight is 391 g/mol. The number of guanidine groups is 1. The van der Waals surface area contributed by atoms with Crippen molar-refractivity contribution in [1.82, 2.24) is 34.8 Å². The highest BCUT2D eigenvalue weighted by atomic mass is 16.2. The Morgan fingerprint density at radius 2 is 1.89 bits per heavy atom. The molecule has 3 heterocycles. The zero-order chi connectivity index (χ0) is 19.9. The van der Waals surface area contributed by atoms with Gasteiger partial charge < -0.3 is 19.7 Å². The SMILES string of the molecule is CCc1nncn1CCNC(=NC)N1CCN(C(C)C(=O)N2CCCC2)CC1. The van der Waals surface area contributed by atoms with Crippen LogP contribution in [0.4, 0.5) is 0 Å². The van der Waals surface area contributed by atoms with Crippen molar-refractivity contribution in [3.05, 3.63) is 12.2 Å². The molecule has 0 bridgehead atoms. The summed E-state index contributed by atoms with van der Waals surface area (Å²) in [6.07, 6.45) is 4.94. The van der Waals surface area contributed by atoms with Crippen LogP contribution < -0.4 is 5.32 Å². The fraction of sp³-hybridized carbons (Fsp3) is 0.789. The second-order valence-corrected chi connectivity index (χ2v) is 7.50. The van der Waals surface area contributed by atoms with Gasteiger partial charge in [0, 0.05) is 65.8 Å². The largest absolute Gasteiger partial charge is 0.354 e. The number of rotatable bonds is 6. The highest BCUT2D eigenvalue weighted by molar-refractivity contribution is 5.82. The van der Waals surface area contributed by atoms with E-state index in [1.807, 2.05) is 18.9 Å². The molecule has 9 nitrogen and oxygen atoms in total. The number of carbonyl (C=O) groups is 1. The first-order valence-corrected chi connectivity index (χ1v) is 10.5. The van der Waals surface area contributed by atoms with Gasteiger partial charge in [-0.15, -0.1) is 10.2 Å². The van der Waals surface area contributed by atoms with E-state index in [-0.39, 0.29) is 11.9 Å². The van der Waals surface area contributed by atoms with Crippen LogP contribution in [-0.4, -0.2) is 100 Å². The zero-order valence-electron chi connectivity index (χ0n) is 17.5. The molecule has 9 heteroatoms. The van der Waals surface area contributed by atoms with Crippen LogP contribution in [0, 0.1) is 0 Å². The number of aryl methyl sites for hydroxylation is 1. The Kier molecular flexibility index (Phi) is 7.24. The van der Waals surface area contributed by atoms with Crippen molar-refractivity contribution >= 4 is 11.9 Å². The number of hydrogen-bond donors (Lipinski definition) is 1. The topological polar surface area (TPSA) is 81.9 Å². The molecule has 0 radical (unpaired) electrons. The normalized spacial score (nSPS) is 19.9. The molecular weight excluding hydrogens is 356 g/mol. The molecule has 1 atom stereocenters. The molecule has 0 saturated carbocycles. The van der Waals surface area contributed by atoms with Gasteiger partial charge >= 0.3 is 0 Å². The Morgan fingerprint density at radius 1 is 1.18 bits per heavy atom. The standard InChI is InChI=1S/C19H34N8O/c1-4-17-23-22-15-27(17)10-7-21-19(20-3)26-13-11-24(12-14-26)16(2)18(28)25-8-5-6-9-25/h15-16H,4-14H2,1-3H3,(H,20,21). The van der Waals surface area contributed by atoms with Gasteiger partial charge in [0.05, 0.1) is 6.04 Å². The lowest BCUT2D eigenvalue weighted by Gasteiger charge is -2.39. The van der Waals surface area contributed by atoms with Crippen molar-refractivity contribution in [3.63, 3.8) is 0 Å². The van der Waals surface area contributed by atoms with Crippen LogP contribution >= 0.6 is 0 Å². The summed E-state index contributed by atoms with van der Waals surface area (Å²) >= 11 is 0. The fourth-order valence-electron chi connectivity index (χ4n) is 4.04. The lowest BCUT2D eigenvalue weighted by molar-refractivity contribution is -0.135. The van der Waals surface area contributed by atoms with Gasteiger partial charge in [0.15, 0.2) is 5.96 Å². The molecule has 2 saturated heterocycles. The van der Waals surface area contributed by atoms with Crippen molar-refractivity contribution in [2.75, 3.05) is 52.9 Å². The number of aromatic nitrogens is 3. The number of aliphatic imine (C=N–C) groups is 1. The summed E-state index contributed by atoms with van der Waals surface area (Å²) in [6.45, 7) is 11.1. The number of nitrogens with one attached hydrogen (secondary N) is 1. The molecule has 2 fully saturated rings. The van der Waals surface area contributed by atoms with Crippen LogP contribution in [0.3, 0.4) is 0 Å². The van der Waals surface area contributed by atoms with Crippen LogP contribution in [-0.2, 0) is 17.8 Å². The van der Waals surface area contributed by atoms with E-state index in [1.165, 1.54) is 0 Å². The molecule has 156 valence electrons. The van der Waals surface area contributed by atoms with Crippen LogP contribution in [0.2, 0.25) is 0 Å². The highest BCUT2D eigenvalue weighted by Crippen LogP contribution is 2.14. The molecule has 1 N–H and O–H groups in total. The van der Waals surface area contributed by atoms with E-state index in [0.29, 0.717) is 0 Å². The van der Waals surface area contributed by atoms with Gasteiger partial charge in [-0.05, 0) is 19.8 Å². The lowest BCUT2D eigenvalue weighted by Crippen LogP contribution is -2.57. The van der Waals surface area contributed by atoms with Crippen molar-refractivity contribution in [2.45, 2.75) is 45.7 Å². The number of likely N-dealkylation sites (tertiary alicyclic amines) is 1. The Labute approximate surface area is 167 Å². The number of carbonyl (C=O) groups excluding carboxylic acids is 1. The minimum atomic E-state index is -0.0311. The van der Waals surface area contributed by atoms with Crippen LogP contribution in [0.25, 0.3) is 0 Å². The fourth-order valence-corrected chi connectivity index (χ4v) is 4.04. The summed E-state index contributed by atoms with van der Waals surface area (Å²) in [7, 11) is 1.82. The summed E-state index contributed by atoms with van der Waals surface area (Å²) in [6, 6.07) is -0.0311. The molecule has 1 amide bonds. The van der Waals surface area contributed by atoms with Gasteiger partial charge in [-0.25, -0.2) is 0 Å². The third kappa shape index (κ3) is 4.81. The van der Waals surface area contributed by atoms with E-state index in [1.54, 1.807) is 6.33 Å². The predicted molar refractivity (Wildman–Crippen MR) is 109 cm³/mol. The second-order valence-electron chi connectivity index (χ2n) is 7.50. The summed E-state index contributed by atoms with van der Waals surface area (Å²) in [5.41, 5.74) is 0. The number of piperazine rings is 1. The highest BCUT2D eigenvalue weighted by Gasteiger charge is 2.30. The first kappa shape index (κ1) is 20.6. The molecule has 0 aromatic carbocycles. The first-order chi connectivity index (χ1) is 13.6. The molecule has 2 aliphatic heterocycles. The Hall–Kier alpha value is -2.16. The Balaban J connectivity index is 1.44. The predicted octanol–water partition coefficient (Wildman–Crippen LogP) is 0.0444. The van der Waals surface area contributed by atoms with Crippen molar-refractivity contribution in [3.8, 4) is 0 Å². The molecule has 1 aromatic rings. The Morgan fingerprint density at radius 3 is 2.54 bits per heavy atom. The second kappa shape index (κ2) is 9.86. The maximum absolute atomic E-state index is 12.6. The molecule has 28 heavy (non-hydrogen) atoms. The van der Waals surface area contributed by atoms with E-state index in [9.17, 15) is 4.79 Å². The zero-order valence-corrected chi connectivity index (χ0v) is 17.5.